The van der Waals surface area contributed by atoms with Gasteiger partial charge in [-0.1, -0.05) is 37.3 Å². The number of aliphatic hydroxyl groups is 2. The summed E-state index contributed by atoms with van der Waals surface area (Å²) < 4.78 is 0. The molecule has 0 aromatic rings. The monoisotopic (exact) mass is 694 g/mol. The summed E-state index contributed by atoms with van der Waals surface area (Å²) in [6.45, 7) is 2.32. The highest BCUT2D eigenvalue weighted by Gasteiger charge is 2.37. The fourth-order valence-electron chi connectivity index (χ4n) is 9.12. The van der Waals surface area contributed by atoms with Crippen LogP contribution in [-0.2, 0) is 19.2 Å². The minimum Gasteiger partial charge on any atom is -0.513 e. The SMILES string of the molecule is CC1C=CC(C2CCC(C3NC(C4=CCC(CN(CC(=O)O)C(=O)C5CCC(NC(=O)CC6C=C(O)CCC6O)CC5)C=C4)NO3)CC2)CC1. The van der Waals surface area contributed by atoms with E-state index in [1.807, 2.05) is 0 Å². The predicted molar refractivity (Wildman–Crippen MR) is 189 cm³/mol. The summed E-state index contributed by atoms with van der Waals surface area (Å²) in [5.41, 5.74) is 4.30. The van der Waals surface area contributed by atoms with Crippen molar-refractivity contribution in [2.45, 2.75) is 121 Å². The lowest BCUT2D eigenvalue weighted by Gasteiger charge is -2.36. The molecule has 6 aliphatic rings. The van der Waals surface area contributed by atoms with Gasteiger partial charge in [-0.3, -0.25) is 24.5 Å². The van der Waals surface area contributed by atoms with E-state index >= 15 is 0 Å². The van der Waals surface area contributed by atoms with E-state index in [-0.39, 0.29) is 60.8 Å². The van der Waals surface area contributed by atoms with E-state index in [4.69, 9.17) is 4.84 Å². The molecule has 0 aromatic carbocycles. The minimum absolute atomic E-state index is 0.0154. The molecule has 2 amide bonds. The summed E-state index contributed by atoms with van der Waals surface area (Å²) in [7, 11) is 0. The molecule has 0 aromatic heterocycles. The van der Waals surface area contributed by atoms with E-state index in [9.17, 15) is 29.7 Å². The van der Waals surface area contributed by atoms with Crippen molar-refractivity contribution in [3.8, 4) is 0 Å². The van der Waals surface area contributed by atoms with Crippen LogP contribution in [-0.4, -0.2) is 75.6 Å². The van der Waals surface area contributed by atoms with Crippen LogP contribution in [0, 0.1) is 41.4 Å². The molecular formula is C39H58N4O7. The van der Waals surface area contributed by atoms with Gasteiger partial charge >= 0.3 is 5.97 Å². The Kier molecular flexibility index (Phi) is 12.5. The predicted octanol–water partition coefficient (Wildman–Crippen LogP) is 4.87. The molecule has 1 heterocycles. The number of hydrogen-bond donors (Lipinski definition) is 6. The normalized spacial score (nSPS) is 37.4. The van der Waals surface area contributed by atoms with Crippen LogP contribution in [0.5, 0.6) is 0 Å². The van der Waals surface area contributed by atoms with Crippen molar-refractivity contribution in [1.82, 2.24) is 21.0 Å². The third kappa shape index (κ3) is 9.66. The van der Waals surface area contributed by atoms with Crippen molar-refractivity contribution in [2.75, 3.05) is 13.1 Å². The maximum atomic E-state index is 13.6. The number of carboxylic acids is 1. The second kappa shape index (κ2) is 17.0. The van der Waals surface area contributed by atoms with Gasteiger partial charge in [-0.2, -0.15) is 5.48 Å². The van der Waals surface area contributed by atoms with Gasteiger partial charge in [-0.05, 0) is 112 Å². The number of hydroxylamine groups is 1. The number of aliphatic carboxylic acids is 1. The highest BCUT2D eigenvalue weighted by atomic mass is 16.7. The van der Waals surface area contributed by atoms with Crippen LogP contribution in [0.2, 0.25) is 0 Å². The zero-order chi connectivity index (χ0) is 35.2. The molecule has 6 N–H and O–H groups in total. The quantitative estimate of drug-likeness (QED) is 0.166. The van der Waals surface area contributed by atoms with Crippen LogP contribution in [0.3, 0.4) is 0 Å². The molecule has 276 valence electrons. The van der Waals surface area contributed by atoms with Crippen LogP contribution in [0.4, 0.5) is 0 Å². The fourth-order valence-corrected chi connectivity index (χ4v) is 9.12. The van der Waals surface area contributed by atoms with Crippen molar-refractivity contribution in [2.24, 2.45) is 41.4 Å². The van der Waals surface area contributed by atoms with Crippen molar-refractivity contribution in [1.29, 1.82) is 0 Å². The van der Waals surface area contributed by atoms with Crippen LogP contribution in [0.1, 0.15) is 96.8 Å². The lowest BCUT2D eigenvalue weighted by molar-refractivity contribution is -0.147. The van der Waals surface area contributed by atoms with Gasteiger partial charge < -0.3 is 25.5 Å². The van der Waals surface area contributed by atoms with Gasteiger partial charge in [0.05, 0.1) is 11.9 Å². The smallest absolute Gasteiger partial charge is 0.323 e. The van der Waals surface area contributed by atoms with E-state index in [0.717, 1.165) is 23.3 Å². The van der Waals surface area contributed by atoms with E-state index in [0.29, 0.717) is 57.4 Å². The molecule has 1 saturated heterocycles. The topological polar surface area (TPSA) is 160 Å². The molecule has 50 heavy (non-hydrogen) atoms. The molecule has 0 radical (unpaired) electrons. The van der Waals surface area contributed by atoms with E-state index in [1.165, 1.54) is 43.4 Å². The second-order valence-corrected chi connectivity index (χ2v) is 16.0. The summed E-state index contributed by atoms with van der Waals surface area (Å²) >= 11 is 0. The highest BCUT2D eigenvalue weighted by molar-refractivity contribution is 5.83. The van der Waals surface area contributed by atoms with Crippen LogP contribution < -0.4 is 16.1 Å². The molecule has 0 spiro atoms. The average molecular weight is 695 g/mol. The minimum atomic E-state index is -1.03. The number of carboxylic acid groups (broad SMARTS) is 1. The van der Waals surface area contributed by atoms with Crippen LogP contribution in [0.25, 0.3) is 0 Å². The Morgan fingerprint density at radius 2 is 1.72 bits per heavy atom. The standard InChI is InChI=1S/C39H58N4O7/c1-24-2-6-26(7-3-24)27-10-12-29(13-11-27)38-41-37(42-50-38)28-8-4-25(5-9-28)22-43(23-36(47)48)39(49)30-14-16-32(17-15-30)40-35(46)21-31-20-33(44)18-19-34(31)45/h2,4,6,8-9,20,24-27,29-32,34,37-38,41-42,44-45H,3,5,7,10-19,21-23H2,1H3,(H,40,46)(H,47,48). The third-order valence-electron chi connectivity index (χ3n) is 12.2. The number of carbonyl (C=O) groups is 3. The molecule has 3 fully saturated rings. The first-order chi connectivity index (χ1) is 24.1. The molecule has 2 saturated carbocycles. The van der Waals surface area contributed by atoms with E-state index in [1.54, 1.807) is 6.08 Å². The van der Waals surface area contributed by atoms with Gasteiger partial charge in [0.2, 0.25) is 11.8 Å². The Morgan fingerprint density at radius 1 is 0.960 bits per heavy atom. The zero-order valence-electron chi connectivity index (χ0n) is 29.6. The lowest BCUT2D eigenvalue weighted by Crippen LogP contribution is -2.45. The van der Waals surface area contributed by atoms with Crippen molar-refractivity contribution >= 4 is 17.8 Å². The molecule has 6 rings (SSSR count). The maximum Gasteiger partial charge on any atom is 0.323 e. The summed E-state index contributed by atoms with van der Waals surface area (Å²) in [5.74, 6) is 0.962. The maximum absolute atomic E-state index is 13.6. The van der Waals surface area contributed by atoms with Crippen molar-refractivity contribution in [3.05, 3.63) is 47.8 Å². The summed E-state index contributed by atoms with van der Waals surface area (Å²) in [6.07, 6.45) is 23.6. The number of nitrogens with zero attached hydrogens (tertiary/aromatic N) is 1. The number of amides is 2. The van der Waals surface area contributed by atoms with Gasteiger partial charge in [0, 0.05) is 43.2 Å². The number of aliphatic hydroxyl groups excluding tert-OH is 2. The number of nitrogens with one attached hydrogen (secondary N) is 3. The van der Waals surface area contributed by atoms with E-state index in [2.05, 4.69) is 53.4 Å². The third-order valence-corrected chi connectivity index (χ3v) is 12.2. The summed E-state index contributed by atoms with van der Waals surface area (Å²) in [5, 5.41) is 36.3. The molecule has 5 aliphatic carbocycles. The Balaban J connectivity index is 0.927. The molecular weight excluding hydrogens is 636 g/mol. The molecule has 0 bridgehead atoms. The Labute approximate surface area is 296 Å². The lowest BCUT2D eigenvalue weighted by atomic mass is 9.72. The highest BCUT2D eigenvalue weighted by Crippen LogP contribution is 2.40. The van der Waals surface area contributed by atoms with Gasteiger partial charge in [-0.15, -0.1) is 0 Å². The summed E-state index contributed by atoms with van der Waals surface area (Å²) in [4.78, 5) is 45.6. The number of rotatable bonds is 11. The molecule has 7 unspecified atom stereocenters. The number of hydrogen-bond acceptors (Lipinski definition) is 8. The van der Waals surface area contributed by atoms with E-state index < -0.39 is 18.0 Å². The molecule has 11 heteroatoms. The summed E-state index contributed by atoms with van der Waals surface area (Å²) in [6, 6.07) is -0.0676. The Bertz CT molecular complexity index is 1330. The fraction of sp³-hybridized carbons (Fsp3) is 0.718. The van der Waals surface area contributed by atoms with Gasteiger partial charge in [0.15, 0.2) is 0 Å². The van der Waals surface area contributed by atoms with Gasteiger partial charge in [-0.25, -0.2) is 0 Å². The largest absolute Gasteiger partial charge is 0.513 e. The number of carbonyl (C=O) groups excluding carboxylic acids is 2. The first-order valence-corrected chi connectivity index (χ1v) is 19.2. The first-order valence-electron chi connectivity index (χ1n) is 19.2. The van der Waals surface area contributed by atoms with Crippen LogP contribution >= 0.6 is 0 Å². The number of allylic oxidation sites excluding steroid dienone is 4. The molecule has 1 aliphatic heterocycles. The first kappa shape index (κ1) is 36.8. The molecule has 11 nitrogen and oxygen atoms in total. The molecule has 7 atom stereocenters. The van der Waals surface area contributed by atoms with Gasteiger partial charge in [0.1, 0.15) is 18.9 Å². The van der Waals surface area contributed by atoms with Crippen LogP contribution in [0.15, 0.2) is 47.8 Å². The average Bonchev–Trinajstić information content (AvgIpc) is 3.61. The van der Waals surface area contributed by atoms with Crippen molar-refractivity contribution in [3.63, 3.8) is 0 Å². The van der Waals surface area contributed by atoms with Gasteiger partial charge in [0.25, 0.3) is 0 Å². The zero-order valence-corrected chi connectivity index (χ0v) is 29.6. The second-order valence-electron chi connectivity index (χ2n) is 16.0. The Hall–Kier alpha value is -2.99. The van der Waals surface area contributed by atoms with Crippen molar-refractivity contribution < 1.29 is 34.5 Å². The Morgan fingerprint density at radius 3 is 2.40 bits per heavy atom.